The molecule has 1 aromatic carbocycles. The predicted molar refractivity (Wildman–Crippen MR) is 100 cm³/mol. The van der Waals surface area contributed by atoms with Crippen LogP contribution < -0.4 is 19.7 Å². The number of methoxy groups -OCH3 is 1. The smallest absolute Gasteiger partial charge is 0.422 e. The fourth-order valence-corrected chi connectivity index (χ4v) is 2.15. The van der Waals surface area contributed by atoms with E-state index in [0.717, 1.165) is 4.90 Å². The zero-order valence-corrected chi connectivity index (χ0v) is 17.0. The van der Waals surface area contributed by atoms with Crippen LogP contribution in [0.4, 0.5) is 42.8 Å². The molecule has 1 N–H and O–H groups in total. The quantitative estimate of drug-likeness (QED) is 0.473. The highest BCUT2D eigenvalue weighted by atomic mass is 19.4. The minimum Gasteiger partial charge on any atom is -0.468 e. The molecule has 0 saturated carbocycles. The number of esters is 1. The number of nitrogens with zero attached hydrogens (tertiary/aromatic N) is 3. The molecule has 0 aliphatic heterocycles. The first-order valence-corrected chi connectivity index (χ1v) is 8.78. The largest absolute Gasteiger partial charge is 0.468 e. The van der Waals surface area contributed by atoms with Crippen LogP contribution in [0.5, 0.6) is 11.8 Å². The molecule has 180 valence electrons. The van der Waals surface area contributed by atoms with E-state index in [1.165, 1.54) is 38.4 Å². The van der Waals surface area contributed by atoms with E-state index in [9.17, 15) is 35.9 Å². The van der Waals surface area contributed by atoms with Crippen molar-refractivity contribution in [3.05, 3.63) is 35.9 Å². The Bertz CT molecular complexity index is 946. The second-order valence-electron chi connectivity index (χ2n) is 6.20. The molecule has 9 nitrogen and oxygen atoms in total. The lowest BCUT2D eigenvalue weighted by Gasteiger charge is -2.18. The van der Waals surface area contributed by atoms with Gasteiger partial charge >= 0.3 is 24.4 Å². The standard InChI is InChI=1S/C18H16F6N4O5/c1-28(11-5-3-10(4-6-11)14(29)31-2)16(30)27-15-25-12(32-8-17(19,20)21)7-13(26-15)33-9-18(22,23)24/h3-7H,8-9H2,1-2H3,(H,25,26,27,30). The van der Waals surface area contributed by atoms with Crippen molar-refractivity contribution in [2.75, 3.05) is 37.6 Å². The van der Waals surface area contributed by atoms with Crippen molar-refractivity contribution in [3.63, 3.8) is 0 Å². The van der Waals surface area contributed by atoms with Gasteiger partial charge in [0, 0.05) is 12.7 Å². The maximum atomic E-state index is 12.4. The Hall–Kier alpha value is -3.78. The highest BCUT2D eigenvalue weighted by Gasteiger charge is 2.30. The summed E-state index contributed by atoms with van der Waals surface area (Å²) in [6.07, 6.45) is -9.50. The lowest BCUT2D eigenvalue weighted by molar-refractivity contribution is -0.154. The van der Waals surface area contributed by atoms with Crippen LogP contribution in [0.25, 0.3) is 0 Å². The zero-order valence-electron chi connectivity index (χ0n) is 17.0. The summed E-state index contributed by atoms with van der Waals surface area (Å²) in [5.41, 5.74) is 0.484. The molecule has 0 unspecified atom stereocenters. The number of carbonyl (C=O) groups is 2. The van der Waals surface area contributed by atoms with Gasteiger partial charge in [-0.05, 0) is 24.3 Å². The Labute approximate surface area is 182 Å². The van der Waals surface area contributed by atoms with Crippen LogP contribution in [0, 0.1) is 0 Å². The SMILES string of the molecule is COC(=O)c1ccc(N(C)C(=O)Nc2nc(OCC(F)(F)F)cc(OCC(F)(F)F)n2)cc1. The third-order valence-corrected chi connectivity index (χ3v) is 3.65. The first kappa shape index (κ1) is 25.5. The summed E-state index contributed by atoms with van der Waals surface area (Å²) >= 11 is 0. The number of nitrogens with one attached hydrogen (secondary N) is 1. The number of ether oxygens (including phenoxy) is 3. The van der Waals surface area contributed by atoms with Crippen LogP contribution >= 0.6 is 0 Å². The van der Waals surface area contributed by atoms with E-state index in [-0.39, 0.29) is 11.3 Å². The van der Waals surface area contributed by atoms with Crippen LogP contribution in [0.15, 0.2) is 30.3 Å². The Morgan fingerprint density at radius 3 is 1.85 bits per heavy atom. The molecule has 0 radical (unpaired) electrons. The van der Waals surface area contributed by atoms with Gasteiger partial charge < -0.3 is 14.2 Å². The lowest BCUT2D eigenvalue weighted by atomic mass is 10.2. The number of amides is 2. The molecule has 1 heterocycles. The Kier molecular flexibility index (Phi) is 7.90. The van der Waals surface area contributed by atoms with Gasteiger partial charge in [0.25, 0.3) is 0 Å². The lowest BCUT2D eigenvalue weighted by Crippen LogP contribution is -2.32. The van der Waals surface area contributed by atoms with Crippen molar-refractivity contribution in [3.8, 4) is 11.8 Å². The molecular formula is C18H16F6N4O5. The molecule has 2 amide bonds. The van der Waals surface area contributed by atoms with Crippen LogP contribution in [-0.2, 0) is 4.74 Å². The monoisotopic (exact) mass is 482 g/mol. The average molecular weight is 482 g/mol. The first-order valence-electron chi connectivity index (χ1n) is 8.78. The van der Waals surface area contributed by atoms with E-state index in [1.54, 1.807) is 0 Å². The maximum Gasteiger partial charge on any atom is 0.422 e. The second-order valence-corrected chi connectivity index (χ2v) is 6.20. The van der Waals surface area contributed by atoms with Crippen LogP contribution in [0.1, 0.15) is 10.4 Å². The van der Waals surface area contributed by atoms with Gasteiger partial charge in [0.1, 0.15) is 0 Å². The number of carbonyl (C=O) groups excluding carboxylic acids is 2. The van der Waals surface area contributed by atoms with E-state index < -0.39 is 55.3 Å². The van der Waals surface area contributed by atoms with E-state index in [0.29, 0.717) is 6.07 Å². The van der Waals surface area contributed by atoms with Crippen molar-refractivity contribution in [2.45, 2.75) is 12.4 Å². The minimum atomic E-state index is -4.75. The number of hydrogen-bond acceptors (Lipinski definition) is 7. The van der Waals surface area contributed by atoms with Crippen molar-refractivity contribution < 1.29 is 50.1 Å². The summed E-state index contributed by atoms with van der Waals surface area (Å²) in [5, 5.41) is 2.11. The minimum absolute atomic E-state index is 0.208. The summed E-state index contributed by atoms with van der Waals surface area (Å²) in [4.78, 5) is 32.0. The van der Waals surface area contributed by atoms with Gasteiger partial charge in [-0.25, -0.2) is 9.59 Å². The van der Waals surface area contributed by atoms with Crippen LogP contribution in [0.3, 0.4) is 0 Å². The molecule has 0 aliphatic rings. The van der Waals surface area contributed by atoms with Crippen LogP contribution in [0.2, 0.25) is 0 Å². The van der Waals surface area contributed by atoms with Gasteiger partial charge in [-0.1, -0.05) is 0 Å². The van der Waals surface area contributed by atoms with Gasteiger partial charge in [-0.3, -0.25) is 10.2 Å². The summed E-state index contributed by atoms with van der Waals surface area (Å²) in [6.45, 7) is -3.58. The molecule has 33 heavy (non-hydrogen) atoms. The Balaban J connectivity index is 2.20. The number of alkyl halides is 6. The molecule has 0 fully saturated rings. The van der Waals surface area contributed by atoms with E-state index >= 15 is 0 Å². The van der Waals surface area contributed by atoms with E-state index in [1.807, 2.05) is 0 Å². The highest BCUT2D eigenvalue weighted by Crippen LogP contribution is 2.24. The zero-order chi connectivity index (χ0) is 24.8. The summed E-state index contributed by atoms with van der Waals surface area (Å²) in [7, 11) is 2.49. The topological polar surface area (TPSA) is 103 Å². The molecule has 2 aromatic rings. The molecule has 15 heteroatoms. The van der Waals surface area contributed by atoms with Gasteiger partial charge in [-0.2, -0.15) is 36.3 Å². The number of rotatable bonds is 7. The molecule has 0 aliphatic carbocycles. The van der Waals surface area contributed by atoms with Gasteiger partial charge in [0.15, 0.2) is 13.2 Å². The summed E-state index contributed by atoms with van der Waals surface area (Å²) in [6, 6.07) is 5.24. The van der Waals surface area contributed by atoms with Crippen LogP contribution in [-0.4, -0.2) is 61.7 Å². The predicted octanol–water partition coefficient (Wildman–Crippen LogP) is 3.81. The van der Waals surface area contributed by atoms with Crippen molar-refractivity contribution >= 4 is 23.6 Å². The number of benzene rings is 1. The maximum absolute atomic E-state index is 12.4. The molecule has 0 spiro atoms. The number of halogens is 6. The van der Waals surface area contributed by atoms with E-state index in [4.69, 9.17) is 0 Å². The molecule has 1 aromatic heterocycles. The second kappa shape index (κ2) is 10.2. The fourth-order valence-electron chi connectivity index (χ4n) is 2.15. The molecule has 0 atom stereocenters. The van der Waals surface area contributed by atoms with Crippen molar-refractivity contribution in [1.82, 2.24) is 9.97 Å². The molecule has 0 saturated heterocycles. The number of aromatic nitrogens is 2. The molecule has 0 bridgehead atoms. The number of hydrogen-bond donors (Lipinski definition) is 1. The summed E-state index contributed by atoms with van der Waals surface area (Å²) < 4.78 is 87.8. The molecular weight excluding hydrogens is 466 g/mol. The van der Waals surface area contributed by atoms with Gasteiger partial charge in [0.05, 0.1) is 18.7 Å². The third kappa shape index (κ3) is 8.34. The van der Waals surface area contributed by atoms with Crippen molar-refractivity contribution in [2.24, 2.45) is 0 Å². The molecule has 2 rings (SSSR count). The Morgan fingerprint density at radius 2 is 1.42 bits per heavy atom. The fraction of sp³-hybridized carbons (Fsp3) is 0.333. The third-order valence-electron chi connectivity index (χ3n) is 3.65. The van der Waals surface area contributed by atoms with E-state index in [2.05, 4.69) is 29.5 Å². The first-order chi connectivity index (χ1) is 15.3. The van der Waals surface area contributed by atoms with Gasteiger partial charge in [0.2, 0.25) is 17.7 Å². The summed E-state index contributed by atoms with van der Waals surface area (Å²) in [5.74, 6) is -2.83. The normalized spacial score (nSPS) is 11.5. The number of urea groups is 1. The van der Waals surface area contributed by atoms with Gasteiger partial charge in [-0.15, -0.1) is 0 Å². The average Bonchev–Trinajstić information content (AvgIpc) is 2.74. The highest BCUT2D eigenvalue weighted by molar-refractivity contribution is 6.00. The number of anilines is 2. The van der Waals surface area contributed by atoms with Crippen molar-refractivity contribution in [1.29, 1.82) is 0 Å². The Morgan fingerprint density at radius 1 is 0.939 bits per heavy atom.